The molecule has 0 spiro atoms. The third-order valence-electron chi connectivity index (χ3n) is 4.29. The monoisotopic (exact) mass is 415 g/mol. The largest absolute Gasteiger partial charge is 0.438 e. The number of nitrogens with one attached hydrogen (secondary N) is 1. The molecule has 2 aromatic carbocycles. The van der Waals surface area contributed by atoms with Crippen molar-refractivity contribution in [2.75, 3.05) is 11.9 Å². The van der Waals surface area contributed by atoms with Gasteiger partial charge in [0, 0.05) is 18.0 Å². The number of carbonyl (C=O) groups is 1. The maximum Gasteiger partial charge on any atom is 0.250 e. The highest BCUT2D eigenvalue weighted by atomic mass is 16.5. The number of aryl methyl sites for hydroxylation is 1. The molecule has 0 aliphatic carbocycles. The predicted octanol–water partition coefficient (Wildman–Crippen LogP) is 3.92. The van der Waals surface area contributed by atoms with Crippen molar-refractivity contribution in [3.05, 3.63) is 90.3 Å². The van der Waals surface area contributed by atoms with Crippen LogP contribution in [0.25, 0.3) is 5.82 Å². The second kappa shape index (κ2) is 9.64. The molecule has 2 heterocycles. The smallest absolute Gasteiger partial charge is 0.250 e. The highest BCUT2D eigenvalue weighted by Gasteiger charge is 2.06. The first-order valence-electron chi connectivity index (χ1n) is 9.71. The van der Waals surface area contributed by atoms with Gasteiger partial charge in [0.25, 0.3) is 0 Å². The molecule has 4 rings (SSSR count). The summed E-state index contributed by atoms with van der Waals surface area (Å²) in [5.74, 6) is 1.32. The van der Waals surface area contributed by atoms with Crippen LogP contribution >= 0.6 is 0 Å². The summed E-state index contributed by atoms with van der Waals surface area (Å²) < 4.78 is 12.8. The first-order chi connectivity index (χ1) is 15.2. The van der Waals surface area contributed by atoms with E-state index in [4.69, 9.17) is 9.47 Å². The van der Waals surface area contributed by atoms with Gasteiger partial charge in [0.1, 0.15) is 12.4 Å². The van der Waals surface area contributed by atoms with Gasteiger partial charge in [-0.2, -0.15) is 5.10 Å². The molecule has 1 amide bonds. The molecule has 31 heavy (non-hydrogen) atoms. The minimum atomic E-state index is -0.222. The third kappa shape index (κ3) is 5.74. The van der Waals surface area contributed by atoms with E-state index in [0.717, 1.165) is 11.3 Å². The molecule has 4 aromatic rings. The Bertz CT molecular complexity index is 1130. The van der Waals surface area contributed by atoms with Crippen LogP contribution in [0.15, 0.2) is 79.0 Å². The molecule has 0 saturated carbocycles. The Morgan fingerprint density at radius 1 is 0.968 bits per heavy atom. The lowest BCUT2D eigenvalue weighted by Gasteiger charge is -2.08. The molecule has 0 radical (unpaired) electrons. The number of aromatic nitrogens is 4. The van der Waals surface area contributed by atoms with Crippen LogP contribution in [0.5, 0.6) is 11.6 Å². The highest BCUT2D eigenvalue weighted by molar-refractivity contribution is 5.91. The normalized spacial score (nSPS) is 10.6. The van der Waals surface area contributed by atoms with E-state index in [1.54, 1.807) is 41.1 Å². The minimum absolute atomic E-state index is 0.0230. The molecule has 0 saturated heterocycles. The number of hydrogen-bond acceptors (Lipinski definition) is 6. The standard InChI is InChI=1S/C23H21N5O3/c1-17-13-14-28(27-17)21-11-12-23(26-25-21)31-20-9-7-19(8-10-20)24-22(29)16-30-15-18-5-3-2-4-6-18/h2-14H,15-16H2,1H3,(H,24,29). The number of rotatable bonds is 8. The summed E-state index contributed by atoms with van der Waals surface area (Å²) in [6.45, 7) is 2.27. The van der Waals surface area contributed by atoms with Crippen LogP contribution in [-0.4, -0.2) is 32.5 Å². The predicted molar refractivity (Wildman–Crippen MR) is 115 cm³/mol. The van der Waals surface area contributed by atoms with E-state index in [0.29, 0.717) is 29.7 Å². The number of benzene rings is 2. The van der Waals surface area contributed by atoms with Gasteiger partial charge in [-0.25, -0.2) is 4.68 Å². The van der Waals surface area contributed by atoms with Gasteiger partial charge in [0.2, 0.25) is 11.8 Å². The average Bonchev–Trinajstić information content (AvgIpc) is 3.23. The Hall–Kier alpha value is -4.04. The molecule has 0 aliphatic heterocycles. The summed E-state index contributed by atoms with van der Waals surface area (Å²) in [6.07, 6.45) is 1.82. The Balaban J connectivity index is 1.26. The molecule has 0 atom stereocenters. The maximum atomic E-state index is 12.0. The van der Waals surface area contributed by atoms with Crippen LogP contribution in [0.4, 0.5) is 5.69 Å². The van der Waals surface area contributed by atoms with Crippen LogP contribution in [0.2, 0.25) is 0 Å². The van der Waals surface area contributed by atoms with Crippen LogP contribution < -0.4 is 10.1 Å². The molecular formula is C23H21N5O3. The van der Waals surface area contributed by atoms with Crippen LogP contribution in [0.3, 0.4) is 0 Å². The van der Waals surface area contributed by atoms with Crippen molar-refractivity contribution in [2.24, 2.45) is 0 Å². The van der Waals surface area contributed by atoms with E-state index in [-0.39, 0.29) is 12.5 Å². The second-order valence-corrected chi connectivity index (χ2v) is 6.78. The molecule has 0 bridgehead atoms. The lowest BCUT2D eigenvalue weighted by molar-refractivity contribution is -0.121. The number of amides is 1. The average molecular weight is 415 g/mol. The Labute approximate surface area is 179 Å². The van der Waals surface area contributed by atoms with E-state index in [1.807, 2.05) is 49.5 Å². The van der Waals surface area contributed by atoms with Crippen molar-refractivity contribution in [3.8, 4) is 17.4 Å². The molecule has 0 fully saturated rings. The lowest BCUT2D eigenvalue weighted by atomic mass is 10.2. The number of anilines is 1. The molecule has 1 N–H and O–H groups in total. The molecule has 156 valence electrons. The zero-order valence-electron chi connectivity index (χ0n) is 16.9. The van der Waals surface area contributed by atoms with Crippen LogP contribution in [0, 0.1) is 6.92 Å². The van der Waals surface area contributed by atoms with Crippen molar-refractivity contribution in [3.63, 3.8) is 0 Å². The minimum Gasteiger partial charge on any atom is -0.438 e. The van der Waals surface area contributed by atoms with Crippen molar-refractivity contribution < 1.29 is 14.3 Å². The maximum absolute atomic E-state index is 12.0. The first kappa shape index (κ1) is 20.2. The lowest BCUT2D eigenvalue weighted by Crippen LogP contribution is -2.18. The molecular weight excluding hydrogens is 394 g/mol. The van der Waals surface area contributed by atoms with E-state index in [2.05, 4.69) is 20.6 Å². The van der Waals surface area contributed by atoms with Crippen molar-refractivity contribution in [1.29, 1.82) is 0 Å². The van der Waals surface area contributed by atoms with E-state index >= 15 is 0 Å². The van der Waals surface area contributed by atoms with Gasteiger partial charge < -0.3 is 14.8 Å². The summed E-state index contributed by atoms with van der Waals surface area (Å²) in [5.41, 5.74) is 2.57. The molecule has 8 nitrogen and oxygen atoms in total. The Morgan fingerprint density at radius 2 is 1.77 bits per heavy atom. The summed E-state index contributed by atoms with van der Waals surface area (Å²) in [5, 5.41) is 15.3. The van der Waals surface area contributed by atoms with Crippen LogP contribution in [-0.2, 0) is 16.1 Å². The second-order valence-electron chi connectivity index (χ2n) is 6.78. The van der Waals surface area contributed by atoms with Gasteiger partial charge in [-0.1, -0.05) is 30.3 Å². The van der Waals surface area contributed by atoms with Gasteiger partial charge >= 0.3 is 0 Å². The molecule has 0 unspecified atom stereocenters. The Kier molecular flexibility index (Phi) is 6.29. The summed E-state index contributed by atoms with van der Waals surface area (Å²) >= 11 is 0. The quantitative estimate of drug-likeness (QED) is 0.469. The molecule has 0 aliphatic rings. The van der Waals surface area contributed by atoms with Crippen molar-refractivity contribution in [2.45, 2.75) is 13.5 Å². The van der Waals surface area contributed by atoms with Gasteiger partial charge in [-0.3, -0.25) is 4.79 Å². The van der Waals surface area contributed by atoms with E-state index < -0.39 is 0 Å². The molecule has 8 heteroatoms. The fraction of sp³-hybridized carbons (Fsp3) is 0.130. The number of carbonyl (C=O) groups excluding carboxylic acids is 1. The summed E-state index contributed by atoms with van der Waals surface area (Å²) in [7, 11) is 0. The van der Waals surface area contributed by atoms with Gasteiger partial charge in [-0.15, -0.1) is 10.2 Å². The fourth-order valence-electron chi connectivity index (χ4n) is 2.79. The van der Waals surface area contributed by atoms with Gasteiger partial charge in [-0.05, 0) is 48.9 Å². The van der Waals surface area contributed by atoms with E-state index in [1.165, 1.54) is 0 Å². The summed E-state index contributed by atoms with van der Waals surface area (Å²) in [4.78, 5) is 12.0. The number of ether oxygens (including phenoxy) is 2. The van der Waals surface area contributed by atoms with E-state index in [9.17, 15) is 4.79 Å². The Morgan fingerprint density at radius 3 is 2.45 bits per heavy atom. The van der Waals surface area contributed by atoms with Gasteiger partial charge in [0.15, 0.2) is 5.82 Å². The zero-order valence-corrected chi connectivity index (χ0v) is 16.9. The highest BCUT2D eigenvalue weighted by Crippen LogP contribution is 2.21. The molecule has 2 aromatic heterocycles. The number of nitrogens with zero attached hydrogens (tertiary/aromatic N) is 4. The first-order valence-corrected chi connectivity index (χ1v) is 9.71. The fourth-order valence-corrected chi connectivity index (χ4v) is 2.79. The van der Waals surface area contributed by atoms with Crippen LogP contribution in [0.1, 0.15) is 11.3 Å². The SMILES string of the molecule is Cc1ccn(-c2ccc(Oc3ccc(NC(=O)COCc4ccccc4)cc3)nn2)n1. The van der Waals surface area contributed by atoms with Crippen molar-refractivity contribution >= 4 is 11.6 Å². The van der Waals surface area contributed by atoms with Crippen molar-refractivity contribution in [1.82, 2.24) is 20.0 Å². The zero-order chi connectivity index (χ0) is 21.5. The summed E-state index contributed by atoms with van der Waals surface area (Å²) in [6, 6.07) is 22.1. The topological polar surface area (TPSA) is 91.2 Å². The van der Waals surface area contributed by atoms with Gasteiger partial charge in [0.05, 0.1) is 12.3 Å². The number of hydrogen-bond donors (Lipinski definition) is 1. The third-order valence-corrected chi connectivity index (χ3v) is 4.29.